The monoisotopic (exact) mass is 390 g/mol. The predicted molar refractivity (Wildman–Crippen MR) is 116 cm³/mol. The average Bonchev–Trinajstić information content (AvgIpc) is 2.78. The third-order valence-corrected chi connectivity index (χ3v) is 4.92. The largest absolute Gasteiger partial charge is 0.489 e. The van der Waals surface area contributed by atoms with Crippen molar-refractivity contribution in [3.8, 4) is 16.9 Å². The third-order valence-electron chi connectivity index (χ3n) is 4.92. The van der Waals surface area contributed by atoms with E-state index in [1.807, 2.05) is 78.9 Å². The van der Waals surface area contributed by atoms with E-state index in [0.717, 1.165) is 22.4 Å². The topological polar surface area (TPSA) is 84.6 Å². The van der Waals surface area contributed by atoms with Gasteiger partial charge in [0, 0.05) is 5.69 Å². The van der Waals surface area contributed by atoms with Crippen LogP contribution in [0.4, 0.5) is 5.69 Å². The Morgan fingerprint density at radius 3 is 2.38 bits per heavy atom. The van der Waals surface area contributed by atoms with Crippen molar-refractivity contribution in [3.63, 3.8) is 0 Å². The van der Waals surface area contributed by atoms with E-state index >= 15 is 0 Å². The summed E-state index contributed by atoms with van der Waals surface area (Å²) in [5.74, 6) is 0.397. The SMILES string of the molecule is CCC(N)(CO)C(=O)Nc1ccc(-c2cccc(OCc3ccccc3)c2)cc1. The molecule has 150 valence electrons. The minimum atomic E-state index is -1.27. The molecule has 0 saturated heterocycles. The molecule has 1 unspecified atom stereocenters. The first-order valence-corrected chi connectivity index (χ1v) is 9.62. The first kappa shape index (κ1) is 20.6. The summed E-state index contributed by atoms with van der Waals surface area (Å²) in [6.45, 7) is 1.88. The number of anilines is 1. The van der Waals surface area contributed by atoms with Crippen LogP contribution in [-0.2, 0) is 11.4 Å². The molecule has 1 amide bonds. The van der Waals surface area contributed by atoms with Gasteiger partial charge in [-0.2, -0.15) is 0 Å². The Hall–Kier alpha value is -3.15. The van der Waals surface area contributed by atoms with Crippen molar-refractivity contribution in [3.05, 3.63) is 84.4 Å². The van der Waals surface area contributed by atoms with E-state index in [0.29, 0.717) is 18.7 Å². The molecule has 3 aromatic rings. The second-order valence-corrected chi connectivity index (χ2v) is 7.00. The lowest BCUT2D eigenvalue weighted by atomic mass is 9.97. The second kappa shape index (κ2) is 9.37. The van der Waals surface area contributed by atoms with Gasteiger partial charge in [0.25, 0.3) is 0 Å². The molecule has 0 aliphatic heterocycles. The van der Waals surface area contributed by atoms with Crippen LogP contribution in [0, 0.1) is 0 Å². The van der Waals surface area contributed by atoms with Crippen LogP contribution >= 0.6 is 0 Å². The summed E-state index contributed by atoms with van der Waals surface area (Å²) >= 11 is 0. The zero-order valence-electron chi connectivity index (χ0n) is 16.5. The molecule has 0 spiro atoms. The zero-order valence-corrected chi connectivity index (χ0v) is 16.5. The Morgan fingerprint density at radius 2 is 1.72 bits per heavy atom. The van der Waals surface area contributed by atoms with Crippen molar-refractivity contribution in [1.82, 2.24) is 0 Å². The molecule has 3 aromatic carbocycles. The Morgan fingerprint density at radius 1 is 1.00 bits per heavy atom. The number of hydrogen-bond acceptors (Lipinski definition) is 4. The van der Waals surface area contributed by atoms with Crippen LogP contribution in [0.5, 0.6) is 5.75 Å². The molecule has 5 heteroatoms. The van der Waals surface area contributed by atoms with Gasteiger partial charge in [0.05, 0.1) is 6.61 Å². The van der Waals surface area contributed by atoms with Crippen LogP contribution in [0.1, 0.15) is 18.9 Å². The molecule has 0 aliphatic rings. The molecule has 29 heavy (non-hydrogen) atoms. The number of carbonyl (C=O) groups excluding carboxylic acids is 1. The molecule has 1 atom stereocenters. The van der Waals surface area contributed by atoms with Crippen LogP contribution in [0.2, 0.25) is 0 Å². The van der Waals surface area contributed by atoms with E-state index in [4.69, 9.17) is 10.5 Å². The summed E-state index contributed by atoms with van der Waals surface area (Å²) in [6.07, 6.45) is 0.350. The molecule has 0 aromatic heterocycles. The van der Waals surface area contributed by atoms with Gasteiger partial charge in [-0.05, 0) is 47.4 Å². The summed E-state index contributed by atoms with van der Waals surface area (Å²) < 4.78 is 5.90. The lowest BCUT2D eigenvalue weighted by Crippen LogP contribution is -2.53. The fourth-order valence-corrected chi connectivity index (χ4v) is 2.85. The average molecular weight is 390 g/mol. The molecule has 0 heterocycles. The number of nitrogens with two attached hydrogens (primary N) is 1. The molecule has 5 nitrogen and oxygen atoms in total. The van der Waals surface area contributed by atoms with E-state index in [9.17, 15) is 9.90 Å². The maximum absolute atomic E-state index is 12.3. The highest BCUT2D eigenvalue weighted by Crippen LogP contribution is 2.26. The summed E-state index contributed by atoms with van der Waals surface area (Å²) in [5, 5.41) is 12.1. The van der Waals surface area contributed by atoms with Gasteiger partial charge in [-0.1, -0.05) is 61.5 Å². The van der Waals surface area contributed by atoms with Crippen molar-refractivity contribution in [2.45, 2.75) is 25.5 Å². The zero-order chi connectivity index (χ0) is 20.7. The van der Waals surface area contributed by atoms with E-state index in [1.165, 1.54) is 0 Å². The van der Waals surface area contributed by atoms with Gasteiger partial charge in [0.2, 0.25) is 5.91 Å². The predicted octanol–water partition coefficient (Wildman–Crippen LogP) is 3.97. The number of ether oxygens (including phenoxy) is 1. The van der Waals surface area contributed by atoms with Crippen LogP contribution in [0.3, 0.4) is 0 Å². The fourth-order valence-electron chi connectivity index (χ4n) is 2.85. The molecule has 0 radical (unpaired) electrons. The number of hydrogen-bond donors (Lipinski definition) is 3. The number of aliphatic hydroxyl groups excluding tert-OH is 1. The number of aliphatic hydroxyl groups is 1. The first-order chi connectivity index (χ1) is 14.0. The Balaban J connectivity index is 1.67. The van der Waals surface area contributed by atoms with Gasteiger partial charge in [-0.25, -0.2) is 0 Å². The summed E-state index contributed by atoms with van der Waals surface area (Å²) in [7, 11) is 0. The lowest BCUT2D eigenvalue weighted by Gasteiger charge is -2.24. The van der Waals surface area contributed by atoms with Crippen LogP contribution in [0.25, 0.3) is 11.1 Å². The Labute approximate surface area is 171 Å². The summed E-state index contributed by atoms with van der Waals surface area (Å²) in [4.78, 5) is 12.3. The molecule has 0 fully saturated rings. The number of benzene rings is 3. The van der Waals surface area contributed by atoms with E-state index < -0.39 is 18.1 Å². The standard InChI is InChI=1S/C24H26N2O3/c1-2-24(25,17-27)23(28)26-21-13-11-19(12-14-21)20-9-6-10-22(15-20)29-16-18-7-4-3-5-8-18/h3-15,27H,2,16-17,25H2,1H3,(H,26,28). The van der Waals surface area contributed by atoms with Gasteiger partial charge in [-0.3, -0.25) is 4.79 Å². The van der Waals surface area contributed by atoms with Crippen LogP contribution < -0.4 is 15.8 Å². The number of amides is 1. The van der Waals surface area contributed by atoms with Gasteiger partial charge >= 0.3 is 0 Å². The molecular weight excluding hydrogens is 364 g/mol. The molecule has 4 N–H and O–H groups in total. The van der Waals surface area contributed by atoms with Crippen molar-refractivity contribution < 1.29 is 14.6 Å². The van der Waals surface area contributed by atoms with Crippen LogP contribution in [0.15, 0.2) is 78.9 Å². The normalized spacial score (nSPS) is 12.8. The number of carbonyl (C=O) groups is 1. The van der Waals surface area contributed by atoms with E-state index in [-0.39, 0.29) is 0 Å². The van der Waals surface area contributed by atoms with Crippen molar-refractivity contribution >= 4 is 11.6 Å². The summed E-state index contributed by atoms with van der Waals surface area (Å²) in [5.41, 5.74) is 8.42. The smallest absolute Gasteiger partial charge is 0.246 e. The van der Waals surface area contributed by atoms with Gasteiger partial charge in [0.1, 0.15) is 17.9 Å². The number of nitrogens with one attached hydrogen (secondary N) is 1. The second-order valence-electron chi connectivity index (χ2n) is 7.00. The fraction of sp³-hybridized carbons (Fsp3) is 0.208. The lowest BCUT2D eigenvalue weighted by molar-refractivity contribution is -0.122. The first-order valence-electron chi connectivity index (χ1n) is 9.62. The van der Waals surface area contributed by atoms with Crippen molar-refractivity contribution in [2.24, 2.45) is 5.73 Å². The Bertz CT molecular complexity index is 936. The maximum Gasteiger partial charge on any atom is 0.246 e. The highest BCUT2D eigenvalue weighted by Gasteiger charge is 2.31. The van der Waals surface area contributed by atoms with Gasteiger partial charge < -0.3 is 20.9 Å². The minimum absolute atomic E-state index is 0.350. The van der Waals surface area contributed by atoms with E-state index in [2.05, 4.69) is 5.32 Å². The molecule has 0 saturated carbocycles. The van der Waals surface area contributed by atoms with Gasteiger partial charge in [0.15, 0.2) is 0 Å². The minimum Gasteiger partial charge on any atom is -0.489 e. The quantitative estimate of drug-likeness (QED) is 0.543. The van der Waals surface area contributed by atoms with Crippen molar-refractivity contribution in [1.29, 1.82) is 0 Å². The highest BCUT2D eigenvalue weighted by atomic mass is 16.5. The Kier molecular flexibility index (Phi) is 6.65. The summed E-state index contributed by atoms with van der Waals surface area (Å²) in [6, 6.07) is 25.4. The molecule has 3 rings (SSSR count). The molecule has 0 bridgehead atoms. The third kappa shape index (κ3) is 5.22. The molecule has 0 aliphatic carbocycles. The molecular formula is C24H26N2O3. The van der Waals surface area contributed by atoms with Crippen molar-refractivity contribution in [2.75, 3.05) is 11.9 Å². The highest BCUT2D eigenvalue weighted by molar-refractivity contribution is 5.98. The maximum atomic E-state index is 12.3. The van der Waals surface area contributed by atoms with E-state index in [1.54, 1.807) is 6.92 Å². The number of rotatable bonds is 8. The van der Waals surface area contributed by atoms with Gasteiger partial charge in [-0.15, -0.1) is 0 Å². The van der Waals surface area contributed by atoms with Crippen LogP contribution in [-0.4, -0.2) is 23.2 Å².